The van der Waals surface area contributed by atoms with Gasteiger partial charge in [-0.2, -0.15) is 0 Å². The van der Waals surface area contributed by atoms with Crippen LogP contribution in [0.15, 0.2) is 6.20 Å². The highest BCUT2D eigenvalue weighted by molar-refractivity contribution is 5.92. The zero-order chi connectivity index (χ0) is 20.2. The summed E-state index contributed by atoms with van der Waals surface area (Å²) in [5.74, 6) is 0.465. The van der Waals surface area contributed by atoms with Crippen LogP contribution in [0, 0.1) is 5.92 Å². The first-order valence-corrected chi connectivity index (χ1v) is 11.1. The van der Waals surface area contributed by atoms with Crippen molar-refractivity contribution >= 4 is 36.6 Å². The maximum absolute atomic E-state index is 12.8. The van der Waals surface area contributed by atoms with E-state index in [1.807, 2.05) is 4.90 Å². The summed E-state index contributed by atoms with van der Waals surface area (Å²) in [6, 6.07) is 0.459. The Morgan fingerprint density at radius 2 is 1.68 bits per heavy atom. The Bertz CT molecular complexity index is 718. The molecule has 4 rings (SSSR count). The second-order valence-electron chi connectivity index (χ2n) is 8.55. The number of hydrogen-bond donors (Lipinski definition) is 1. The van der Waals surface area contributed by atoms with Gasteiger partial charge in [0.15, 0.2) is 5.69 Å². The molecule has 0 bridgehead atoms. The quantitative estimate of drug-likeness (QED) is 0.681. The molecule has 3 aliphatic rings. The molecule has 3 aliphatic heterocycles. The number of halogens is 2. The van der Waals surface area contributed by atoms with E-state index in [1.165, 1.54) is 0 Å². The van der Waals surface area contributed by atoms with Crippen molar-refractivity contribution in [3.05, 3.63) is 11.9 Å². The van der Waals surface area contributed by atoms with E-state index >= 15 is 0 Å². The summed E-state index contributed by atoms with van der Waals surface area (Å²) in [5.41, 5.74) is 5.92. The molecule has 1 aromatic rings. The molecule has 9 nitrogen and oxygen atoms in total. The zero-order valence-corrected chi connectivity index (χ0v) is 19.7. The van der Waals surface area contributed by atoms with Crippen LogP contribution in [0.1, 0.15) is 49.0 Å². The molecule has 0 spiro atoms. The van der Waals surface area contributed by atoms with E-state index in [9.17, 15) is 9.59 Å². The van der Waals surface area contributed by atoms with E-state index in [2.05, 4.69) is 20.1 Å². The monoisotopic (exact) mass is 475 g/mol. The third-order valence-corrected chi connectivity index (χ3v) is 6.60. The first kappa shape index (κ1) is 25.8. The molecule has 1 aromatic heterocycles. The van der Waals surface area contributed by atoms with Crippen LogP contribution in [0.5, 0.6) is 0 Å². The van der Waals surface area contributed by atoms with Crippen molar-refractivity contribution in [3.63, 3.8) is 0 Å². The molecule has 0 saturated carbocycles. The van der Waals surface area contributed by atoms with Crippen LogP contribution in [-0.2, 0) is 11.3 Å². The predicted molar refractivity (Wildman–Crippen MR) is 123 cm³/mol. The van der Waals surface area contributed by atoms with Crippen molar-refractivity contribution in [2.24, 2.45) is 11.7 Å². The SMILES string of the molecule is Cl.Cl.NCCn1cc(C(=O)N2CCC(N3CCCC(C(=O)N4CCCC4)C3)CC2)nn1. The van der Waals surface area contributed by atoms with Gasteiger partial charge in [-0.1, -0.05) is 5.21 Å². The molecule has 31 heavy (non-hydrogen) atoms. The molecule has 1 unspecified atom stereocenters. The number of piperidine rings is 2. The third-order valence-electron chi connectivity index (χ3n) is 6.60. The number of carbonyl (C=O) groups is 2. The summed E-state index contributed by atoms with van der Waals surface area (Å²) in [7, 11) is 0. The van der Waals surface area contributed by atoms with Crippen molar-refractivity contribution in [3.8, 4) is 0 Å². The van der Waals surface area contributed by atoms with Crippen molar-refractivity contribution in [1.82, 2.24) is 29.7 Å². The van der Waals surface area contributed by atoms with E-state index in [-0.39, 0.29) is 36.6 Å². The smallest absolute Gasteiger partial charge is 0.276 e. The average molecular weight is 476 g/mol. The van der Waals surface area contributed by atoms with Crippen LogP contribution >= 0.6 is 24.8 Å². The Morgan fingerprint density at radius 3 is 2.35 bits per heavy atom. The molecular weight excluding hydrogens is 441 g/mol. The summed E-state index contributed by atoms with van der Waals surface area (Å²) in [4.78, 5) is 31.9. The number of rotatable bonds is 5. The summed E-state index contributed by atoms with van der Waals surface area (Å²) < 4.78 is 1.62. The van der Waals surface area contributed by atoms with Gasteiger partial charge in [-0.15, -0.1) is 29.9 Å². The lowest BCUT2D eigenvalue weighted by Crippen LogP contribution is -2.51. The lowest BCUT2D eigenvalue weighted by atomic mass is 9.93. The Hall–Kier alpha value is -1.42. The van der Waals surface area contributed by atoms with E-state index in [1.54, 1.807) is 10.9 Å². The number of aromatic nitrogens is 3. The summed E-state index contributed by atoms with van der Waals surface area (Å²) in [5, 5.41) is 7.96. The molecule has 0 radical (unpaired) electrons. The molecule has 4 heterocycles. The highest BCUT2D eigenvalue weighted by Crippen LogP contribution is 2.26. The highest BCUT2D eigenvalue weighted by Gasteiger charge is 2.35. The van der Waals surface area contributed by atoms with Crippen LogP contribution in [0.2, 0.25) is 0 Å². The minimum atomic E-state index is -0.0487. The Labute approximate surface area is 196 Å². The number of nitrogens with zero attached hydrogens (tertiary/aromatic N) is 6. The molecule has 1 atom stereocenters. The fourth-order valence-corrected chi connectivity index (χ4v) is 4.97. The number of nitrogens with two attached hydrogens (primary N) is 1. The molecular formula is C20H35Cl2N7O2. The lowest BCUT2D eigenvalue weighted by Gasteiger charge is -2.42. The fourth-order valence-electron chi connectivity index (χ4n) is 4.97. The first-order chi connectivity index (χ1) is 14.2. The number of amides is 2. The second kappa shape index (κ2) is 12.0. The average Bonchev–Trinajstić information content (AvgIpc) is 3.46. The largest absolute Gasteiger partial charge is 0.342 e. The van der Waals surface area contributed by atoms with Crippen molar-refractivity contribution < 1.29 is 9.59 Å². The standard InChI is InChI=1S/C20H33N7O2.2ClH/c21-7-13-27-15-18(22-23-27)20(29)25-11-5-17(6-12-25)26-10-3-4-16(14-26)19(28)24-8-1-2-9-24;;/h15-17H,1-14,21H2;2*1H. The molecule has 11 heteroatoms. The Balaban J connectivity index is 0.00000171. The summed E-state index contributed by atoms with van der Waals surface area (Å²) >= 11 is 0. The second-order valence-corrected chi connectivity index (χ2v) is 8.55. The number of hydrogen-bond acceptors (Lipinski definition) is 6. The summed E-state index contributed by atoms with van der Waals surface area (Å²) in [6.45, 7) is 6.31. The van der Waals surface area contributed by atoms with Crippen LogP contribution in [0.4, 0.5) is 0 Å². The van der Waals surface area contributed by atoms with Gasteiger partial charge in [0.05, 0.1) is 18.7 Å². The normalized spacial score (nSPS) is 22.7. The number of carbonyl (C=O) groups excluding carboxylic acids is 2. The van der Waals surface area contributed by atoms with Crippen LogP contribution in [-0.4, -0.2) is 93.4 Å². The molecule has 3 saturated heterocycles. The van der Waals surface area contributed by atoms with Crippen molar-refractivity contribution in [1.29, 1.82) is 0 Å². The molecule has 0 aliphatic carbocycles. The molecule has 176 valence electrons. The summed E-state index contributed by atoms with van der Waals surface area (Å²) in [6.07, 6.45) is 7.99. The van der Waals surface area contributed by atoms with Gasteiger partial charge in [0.2, 0.25) is 5.91 Å². The maximum Gasteiger partial charge on any atom is 0.276 e. The van der Waals surface area contributed by atoms with Crippen LogP contribution in [0.3, 0.4) is 0 Å². The maximum atomic E-state index is 12.8. The zero-order valence-electron chi connectivity index (χ0n) is 18.0. The minimum Gasteiger partial charge on any atom is -0.342 e. The van der Waals surface area contributed by atoms with Gasteiger partial charge in [0.1, 0.15) is 0 Å². The van der Waals surface area contributed by atoms with E-state index < -0.39 is 0 Å². The Kier molecular flexibility index (Phi) is 9.99. The van der Waals surface area contributed by atoms with Gasteiger partial charge < -0.3 is 15.5 Å². The topological polar surface area (TPSA) is 101 Å². The van der Waals surface area contributed by atoms with Crippen molar-refractivity contribution in [2.45, 2.75) is 51.1 Å². The van der Waals surface area contributed by atoms with Gasteiger partial charge >= 0.3 is 0 Å². The van der Waals surface area contributed by atoms with Gasteiger partial charge in [0, 0.05) is 45.3 Å². The lowest BCUT2D eigenvalue weighted by molar-refractivity contribution is -0.136. The van der Waals surface area contributed by atoms with Gasteiger partial charge in [-0.3, -0.25) is 19.2 Å². The third kappa shape index (κ3) is 6.09. The van der Waals surface area contributed by atoms with Crippen molar-refractivity contribution in [2.75, 3.05) is 45.8 Å². The fraction of sp³-hybridized carbons (Fsp3) is 0.800. The van der Waals surface area contributed by atoms with Crippen LogP contribution < -0.4 is 5.73 Å². The molecule has 2 amide bonds. The van der Waals surface area contributed by atoms with E-state index in [4.69, 9.17) is 5.73 Å². The molecule has 2 N–H and O–H groups in total. The number of likely N-dealkylation sites (tertiary alicyclic amines) is 3. The van der Waals surface area contributed by atoms with Gasteiger partial charge in [-0.25, -0.2) is 0 Å². The first-order valence-electron chi connectivity index (χ1n) is 11.1. The van der Waals surface area contributed by atoms with Gasteiger partial charge in [-0.05, 0) is 45.1 Å². The molecule has 3 fully saturated rings. The predicted octanol–water partition coefficient (Wildman–Crippen LogP) is 1.02. The van der Waals surface area contributed by atoms with E-state index in [0.29, 0.717) is 30.7 Å². The highest BCUT2D eigenvalue weighted by atomic mass is 35.5. The van der Waals surface area contributed by atoms with Gasteiger partial charge in [0.25, 0.3) is 5.91 Å². The Morgan fingerprint density at radius 1 is 0.968 bits per heavy atom. The van der Waals surface area contributed by atoms with Crippen LogP contribution in [0.25, 0.3) is 0 Å². The minimum absolute atomic E-state index is 0. The molecule has 0 aromatic carbocycles. The van der Waals surface area contributed by atoms with E-state index in [0.717, 1.165) is 77.8 Å².